The Morgan fingerprint density at radius 2 is 1.89 bits per heavy atom. The van der Waals surface area contributed by atoms with E-state index in [2.05, 4.69) is 0 Å². The summed E-state index contributed by atoms with van der Waals surface area (Å²) < 4.78 is 5.31. The molecule has 0 bridgehead atoms. The third kappa shape index (κ3) is 2.51. The number of carboxylic acids is 1. The second kappa shape index (κ2) is 5.26. The maximum absolute atomic E-state index is 12.5. The minimum absolute atomic E-state index is 0.00236. The summed E-state index contributed by atoms with van der Waals surface area (Å²) in [5, 5.41) is 9.22. The average Bonchev–Trinajstić information content (AvgIpc) is 2.71. The summed E-state index contributed by atoms with van der Waals surface area (Å²) in [6.45, 7) is 5.65. The van der Waals surface area contributed by atoms with Crippen LogP contribution in [0.3, 0.4) is 0 Å². The Kier molecular flexibility index (Phi) is 3.90. The standard InChI is InChI=1S/C13H21NO4/c1-8-5-10(11(6-8)13(16)17)12(15)14-3-4-18-7-9(14)2/h8-11H,3-7H2,1-2H3,(H,16,17)/t8?,9-,10+,11-/m1/s1. The summed E-state index contributed by atoms with van der Waals surface area (Å²) in [6.07, 6.45) is 1.31. The number of rotatable bonds is 2. The van der Waals surface area contributed by atoms with Crippen LogP contribution in [0.2, 0.25) is 0 Å². The van der Waals surface area contributed by atoms with Crippen molar-refractivity contribution in [1.29, 1.82) is 0 Å². The number of carbonyl (C=O) groups excluding carboxylic acids is 1. The zero-order valence-corrected chi connectivity index (χ0v) is 11.0. The number of ether oxygens (including phenoxy) is 1. The first-order chi connectivity index (χ1) is 8.50. The highest BCUT2D eigenvalue weighted by Crippen LogP contribution is 2.38. The molecule has 5 nitrogen and oxygen atoms in total. The molecule has 0 radical (unpaired) electrons. The van der Waals surface area contributed by atoms with Gasteiger partial charge < -0.3 is 14.7 Å². The molecule has 1 aliphatic carbocycles. The van der Waals surface area contributed by atoms with E-state index in [1.165, 1.54) is 0 Å². The van der Waals surface area contributed by atoms with Gasteiger partial charge in [0.25, 0.3) is 0 Å². The largest absolute Gasteiger partial charge is 0.481 e. The highest BCUT2D eigenvalue weighted by Gasteiger charge is 2.43. The van der Waals surface area contributed by atoms with E-state index in [-0.39, 0.29) is 17.9 Å². The van der Waals surface area contributed by atoms with Crippen molar-refractivity contribution >= 4 is 11.9 Å². The van der Waals surface area contributed by atoms with Gasteiger partial charge in [-0.25, -0.2) is 0 Å². The topological polar surface area (TPSA) is 66.8 Å². The Hall–Kier alpha value is -1.10. The summed E-state index contributed by atoms with van der Waals surface area (Å²) in [5.74, 6) is -1.38. The third-order valence-corrected chi connectivity index (χ3v) is 4.08. The van der Waals surface area contributed by atoms with E-state index in [9.17, 15) is 14.7 Å². The van der Waals surface area contributed by atoms with E-state index in [0.29, 0.717) is 38.5 Å². The van der Waals surface area contributed by atoms with Crippen LogP contribution in [0, 0.1) is 17.8 Å². The van der Waals surface area contributed by atoms with Crippen LogP contribution >= 0.6 is 0 Å². The van der Waals surface area contributed by atoms with E-state index in [1.54, 1.807) is 4.90 Å². The molecule has 4 atom stereocenters. The van der Waals surface area contributed by atoms with Gasteiger partial charge in [0.05, 0.1) is 31.1 Å². The van der Waals surface area contributed by atoms with E-state index < -0.39 is 11.9 Å². The van der Waals surface area contributed by atoms with Crippen LogP contribution in [0.4, 0.5) is 0 Å². The predicted octanol–water partition coefficient (Wildman–Crippen LogP) is 0.981. The number of aliphatic carboxylic acids is 1. The molecule has 2 rings (SSSR count). The lowest BCUT2D eigenvalue weighted by Crippen LogP contribution is -2.50. The molecule has 102 valence electrons. The SMILES string of the molecule is CC1C[C@H](C(=O)N2CCOC[C@H]2C)[C@H](C(=O)O)C1. The van der Waals surface area contributed by atoms with Crippen LogP contribution in [0.25, 0.3) is 0 Å². The van der Waals surface area contributed by atoms with Gasteiger partial charge in [0, 0.05) is 6.54 Å². The number of hydrogen-bond donors (Lipinski definition) is 1. The number of carboxylic acid groups (broad SMARTS) is 1. The molecule has 5 heteroatoms. The van der Waals surface area contributed by atoms with Crippen LogP contribution in [0.15, 0.2) is 0 Å². The summed E-state index contributed by atoms with van der Waals surface area (Å²) in [4.78, 5) is 25.5. The maximum Gasteiger partial charge on any atom is 0.307 e. The number of morpholine rings is 1. The van der Waals surface area contributed by atoms with Crippen molar-refractivity contribution in [3.63, 3.8) is 0 Å². The molecule has 0 spiro atoms. The number of hydrogen-bond acceptors (Lipinski definition) is 3. The van der Waals surface area contributed by atoms with Crippen LogP contribution in [0.5, 0.6) is 0 Å². The fraction of sp³-hybridized carbons (Fsp3) is 0.846. The van der Waals surface area contributed by atoms with Crippen LogP contribution in [-0.2, 0) is 14.3 Å². The fourth-order valence-corrected chi connectivity index (χ4v) is 3.11. The molecular weight excluding hydrogens is 234 g/mol. The van der Waals surface area contributed by atoms with E-state index in [1.807, 2.05) is 13.8 Å². The van der Waals surface area contributed by atoms with Gasteiger partial charge in [0.2, 0.25) is 5.91 Å². The summed E-state index contributed by atoms with van der Waals surface area (Å²) >= 11 is 0. The molecule has 2 aliphatic rings. The zero-order chi connectivity index (χ0) is 13.3. The summed E-state index contributed by atoms with van der Waals surface area (Å²) in [7, 11) is 0. The lowest BCUT2D eigenvalue weighted by molar-refractivity contribution is -0.152. The summed E-state index contributed by atoms with van der Waals surface area (Å²) in [5.41, 5.74) is 0. The van der Waals surface area contributed by atoms with Crippen LogP contribution < -0.4 is 0 Å². The fourth-order valence-electron chi connectivity index (χ4n) is 3.11. The van der Waals surface area contributed by atoms with Gasteiger partial charge in [-0.05, 0) is 25.7 Å². The molecule has 1 N–H and O–H groups in total. The Labute approximate surface area is 107 Å². The van der Waals surface area contributed by atoms with Gasteiger partial charge >= 0.3 is 5.97 Å². The molecule has 18 heavy (non-hydrogen) atoms. The van der Waals surface area contributed by atoms with Crippen molar-refractivity contribution < 1.29 is 19.4 Å². The van der Waals surface area contributed by atoms with Crippen LogP contribution in [0.1, 0.15) is 26.7 Å². The molecule has 1 amide bonds. The lowest BCUT2D eigenvalue weighted by atomic mass is 9.94. The predicted molar refractivity (Wildman–Crippen MR) is 65.0 cm³/mol. The highest BCUT2D eigenvalue weighted by atomic mass is 16.5. The number of amides is 1. The van der Waals surface area contributed by atoms with Gasteiger partial charge in [0.1, 0.15) is 0 Å². The van der Waals surface area contributed by atoms with Gasteiger partial charge in [0.15, 0.2) is 0 Å². The molecular formula is C13H21NO4. The first-order valence-corrected chi connectivity index (χ1v) is 6.61. The molecule has 0 aromatic heterocycles. The van der Waals surface area contributed by atoms with E-state index >= 15 is 0 Å². The van der Waals surface area contributed by atoms with Crippen molar-refractivity contribution in [1.82, 2.24) is 4.90 Å². The van der Waals surface area contributed by atoms with Gasteiger partial charge in [-0.1, -0.05) is 6.92 Å². The van der Waals surface area contributed by atoms with E-state index in [4.69, 9.17) is 4.74 Å². The molecule has 0 aromatic rings. The van der Waals surface area contributed by atoms with Crippen LogP contribution in [-0.4, -0.2) is 47.7 Å². The lowest BCUT2D eigenvalue weighted by Gasteiger charge is -2.35. The van der Waals surface area contributed by atoms with Crippen molar-refractivity contribution in [2.45, 2.75) is 32.7 Å². The average molecular weight is 255 g/mol. The molecule has 1 saturated carbocycles. The number of nitrogens with zero attached hydrogens (tertiary/aromatic N) is 1. The Balaban J connectivity index is 2.09. The van der Waals surface area contributed by atoms with E-state index in [0.717, 1.165) is 0 Å². The minimum atomic E-state index is -0.835. The first-order valence-electron chi connectivity index (χ1n) is 6.61. The quantitative estimate of drug-likeness (QED) is 0.798. The van der Waals surface area contributed by atoms with Gasteiger partial charge in [-0.15, -0.1) is 0 Å². The van der Waals surface area contributed by atoms with Gasteiger partial charge in [-0.3, -0.25) is 9.59 Å². The normalized spacial score (nSPS) is 36.7. The molecule has 2 fully saturated rings. The Morgan fingerprint density at radius 1 is 1.22 bits per heavy atom. The Bertz CT molecular complexity index is 344. The maximum atomic E-state index is 12.5. The zero-order valence-electron chi connectivity index (χ0n) is 11.0. The van der Waals surface area contributed by atoms with Crippen molar-refractivity contribution in [3.05, 3.63) is 0 Å². The monoisotopic (exact) mass is 255 g/mol. The molecule has 1 unspecified atom stereocenters. The minimum Gasteiger partial charge on any atom is -0.481 e. The molecule has 1 heterocycles. The van der Waals surface area contributed by atoms with Crippen molar-refractivity contribution in [2.24, 2.45) is 17.8 Å². The first kappa shape index (κ1) is 13.3. The molecule has 0 aromatic carbocycles. The smallest absolute Gasteiger partial charge is 0.307 e. The molecule has 1 saturated heterocycles. The third-order valence-electron chi connectivity index (χ3n) is 4.08. The Morgan fingerprint density at radius 3 is 2.50 bits per heavy atom. The number of carbonyl (C=O) groups is 2. The highest BCUT2D eigenvalue weighted by molar-refractivity contribution is 5.85. The second-order valence-electron chi connectivity index (χ2n) is 5.58. The van der Waals surface area contributed by atoms with Crippen molar-refractivity contribution in [3.8, 4) is 0 Å². The molecule has 1 aliphatic heterocycles. The van der Waals surface area contributed by atoms with Crippen molar-refractivity contribution in [2.75, 3.05) is 19.8 Å². The second-order valence-corrected chi connectivity index (χ2v) is 5.58. The summed E-state index contributed by atoms with van der Waals surface area (Å²) in [6, 6.07) is 0.0524. The van der Waals surface area contributed by atoms with Gasteiger partial charge in [-0.2, -0.15) is 0 Å².